The second kappa shape index (κ2) is 7.27. The van der Waals surface area contributed by atoms with Crippen LogP contribution in [0.1, 0.15) is 28.6 Å². The van der Waals surface area contributed by atoms with Gasteiger partial charge in [-0.2, -0.15) is 5.26 Å². The van der Waals surface area contributed by atoms with Crippen LogP contribution in [0.4, 0.5) is 0 Å². The van der Waals surface area contributed by atoms with E-state index in [1.807, 2.05) is 6.07 Å². The number of benzene rings is 1. The monoisotopic (exact) mass is 311 g/mol. The molecule has 118 valence electrons. The molecule has 1 aromatic heterocycles. The lowest BCUT2D eigenvalue weighted by atomic mass is 10.1. The Morgan fingerprint density at radius 3 is 2.57 bits per heavy atom. The summed E-state index contributed by atoms with van der Waals surface area (Å²) in [6.45, 7) is 2.02. The molecule has 1 atom stereocenters. The van der Waals surface area contributed by atoms with E-state index in [-0.39, 0.29) is 11.7 Å². The maximum absolute atomic E-state index is 12.3. The maximum atomic E-state index is 12.3. The van der Waals surface area contributed by atoms with Crippen LogP contribution in [0.3, 0.4) is 0 Å². The lowest BCUT2D eigenvalue weighted by Crippen LogP contribution is -2.45. The highest BCUT2D eigenvalue weighted by Crippen LogP contribution is 2.07. The minimum Gasteiger partial charge on any atom is -0.459 e. The summed E-state index contributed by atoms with van der Waals surface area (Å²) in [6.07, 6.45) is 1.40. The number of carbonyl (C=O) groups is 2. The number of carbonyl (C=O) groups excluding carboxylic acids is 2. The summed E-state index contributed by atoms with van der Waals surface area (Å²) in [5.41, 5.74) is 1.48. The Labute approximate surface area is 134 Å². The third kappa shape index (κ3) is 4.20. The van der Waals surface area contributed by atoms with Crippen LogP contribution < -0.4 is 5.32 Å². The summed E-state index contributed by atoms with van der Waals surface area (Å²) in [6, 6.07) is 11.5. The van der Waals surface area contributed by atoms with E-state index < -0.39 is 11.9 Å². The first-order chi connectivity index (χ1) is 11.0. The Morgan fingerprint density at radius 1 is 1.30 bits per heavy atom. The van der Waals surface area contributed by atoms with Crippen LogP contribution in [-0.4, -0.2) is 29.8 Å². The van der Waals surface area contributed by atoms with Gasteiger partial charge in [-0.05, 0) is 36.8 Å². The van der Waals surface area contributed by atoms with E-state index in [2.05, 4.69) is 5.32 Å². The predicted octanol–water partition coefficient (Wildman–Crippen LogP) is 1.93. The minimum absolute atomic E-state index is 0.166. The molecule has 1 heterocycles. The van der Waals surface area contributed by atoms with Gasteiger partial charge in [-0.25, -0.2) is 0 Å². The molecule has 2 aromatic rings. The molecule has 2 amide bonds. The summed E-state index contributed by atoms with van der Waals surface area (Å²) >= 11 is 0. The Hall–Kier alpha value is -3.07. The summed E-state index contributed by atoms with van der Waals surface area (Å²) in [5, 5.41) is 11.4. The molecule has 23 heavy (non-hydrogen) atoms. The zero-order valence-corrected chi connectivity index (χ0v) is 12.9. The Morgan fingerprint density at radius 2 is 2.00 bits per heavy atom. The molecule has 6 nitrogen and oxygen atoms in total. The van der Waals surface area contributed by atoms with Gasteiger partial charge in [0.2, 0.25) is 5.91 Å². The summed E-state index contributed by atoms with van der Waals surface area (Å²) in [5.74, 6) is -0.476. The van der Waals surface area contributed by atoms with Crippen molar-refractivity contribution >= 4 is 11.8 Å². The van der Waals surface area contributed by atoms with Crippen LogP contribution in [0, 0.1) is 11.3 Å². The van der Waals surface area contributed by atoms with Crippen molar-refractivity contribution in [3.8, 4) is 6.07 Å². The van der Waals surface area contributed by atoms with Crippen molar-refractivity contribution in [1.82, 2.24) is 10.2 Å². The molecule has 0 fully saturated rings. The van der Waals surface area contributed by atoms with Crippen molar-refractivity contribution < 1.29 is 14.0 Å². The van der Waals surface area contributed by atoms with Gasteiger partial charge in [0, 0.05) is 13.6 Å². The molecule has 0 bridgehead atoms. The Kier molecular flexibility index (Phi) is 5.15. The highest BCUT2D eigenvalue weighted by atomic mass is 16.3. The predicted molar refractivity (Wildman–Crippen MR) is 83.3 cm³/mol. The van der Waals surface area contributed by atoms with Gasteiger partial charge in [0.1, 0.15) is 6.04 Å². The van der Waals surface area contributed by atoms with Gasteiger partial charge in [-0.3, -0.25) is 9.59 Å². The van der Waals surface area contributed by atoms with Gasteiger partial charge in [0.25, 0.3) is 5.91 Å². The third-order valence-electron chi connectivity index (χ3n) is 3.34. The molecule has 6 heteroatoms. The molecule has 2 rings (SSSR count). The van der Waals surface area contributed by atoms with Crippen molar-refractivity contribution in [3.63, 3.8) is 0 Å². The number of nitrogens with one attached hydrogen (secondary N) is 1. The number of hydrogen-bond acceptors (Lipinski definition) is 4. The van der Waals surface area contributed by atoms with Crippen LogP contribution in [0.5, 0.6) is 0 Å². The number of nitrogens with zero attached hydrogens (tertiary/aromatic N) is 2. The van der Waals surface area contributed by atoms with Gasteiger partial charge >= 0.3 is 0 Å². The highest BCUT2D eigenvalue weighted by Gasteiger charge is 2.21. The SMILES string of the molecule is CC(NC(=O)c1ccco1)C(=O)N(C)Cc1ccc(C#N)cc1. The lowest BCUT2D eigenvalue weighted by molar-refractivity contribution is -0.132. The van der Waals surface area contributed by atoms with E-state index in [1.54, 1.807) is 44.3 Å². The number of nitriles is 1. The number of hydrogen-bond donors (Lipinski definition) is 1. The van der Waals surface area contributed by atoms with E-state index in [4.69, 9.17) is 9.68 Å². The molecule has 0 aliphatic carbocycles. The molecule has 0 radical (unpaired) electrons. The average Bonchev–Trinajstić information content (AvgIpc) is 3.09. The second-order valence-electron chi connectivity index (χ2n) is 5.18. The van der Waals surface area contributed by atoms with Crippen LogP contribution in [0.25, 0.3) is 0 Å². The maximum Gasteiger partial charge on any atom is 0.287 e. The van der Waals surface area contributed by atoms with E-state index in [9.17, 15) is 9.59 Å². The molecule has 1 unspecified atom stereocenters. The highest BCUT2D eigenvalue weighted by molar-refractivity contribution is 5.95. The van der Waals surface area contributed by atoms with Crippen LogP contribution in [-0.2, 0) is 11.3 Å². The number of rotatable bonds is 5. The molecule has 1 N–H and O–H groups in total. The standard InChI is InChI=1S/C17H17N3O3/c1-12(19-16(21)15-4-3-9-23-15)17(22)20(2)11-14-7-5-13(10-18)6-8-14/h3-9,12H,11H2,1-2H3,(H,19,21). The van der Waals surface area contributed by atoms with Gasteiger partial charge in [-0.1, -0.05) is 12.1 Å². The molecule has 0 saturated heterocycles. The normalized spacial score (nSPS) is 11.3. The first kappa shape index (κ1) is 16.3. The van der Waals surface area contributed by atoms with Gasteiger partial charge in [0.15, 0.2) is 5.76 Å². The van der Waals surface area contributed by atoms with E-state index >= 15 is 0 Å². The Bertz CT molecular complexity index is 715. The third-order valence-corrected chi connectivity index (χ3v) is 3.34. The molecule has 0 aliphatic heterocycles. The fourth-order valence-electron chi connectivity index (χ4n) is 2.10. The van der Waals surface area contributed by atoms with Crippen LogP contribution >= 0.6 is 0 Å². The first-order valence-electron chi connectivity index (χ1n) is 7.09. The number of furan rings is 1. The molecule has 0 saturated carbocycles. The summed E-state index contributed by atoms with van der Waals surface area (Å²) in [4.78, 5) is 25.7. The minimum atomic E-state index is -0.670. The average molecular weight is 311 g/mol. The fraction of sp³-hybridized carbons (Fsp3) is 0.235. The van der Waals surface area contributed by atoms with Crippen LogP contribution in [0.2, 0.25) is 0 Å². The quantitative estimate of drug-likeness (QED) is 0.914. The zero-order valence-electron chi connectivity index (χ0n) is 12.9. The number of likely N-dealkylation sites (N-methyl/N-ethyl adjacent to an activating group) is 1. The van der Waals surface area contributed by atoms with Gasteiger partial charge in [-0.15, -0.1) is 0 Å². The van der Waals surface area contributed by atoms with Gasteiger partial charge in [0.05, 0.1) is 17.9 Å². The summed E-state index contributed by atoms with van der Waals surface area (Å²) < 4.78 is 4.99. The smallest absolute Gasteiger partial charge is 0.287 e. The molecular formula is C17H17N3O3. The molecule has 1 aromatic carbocycles. The van der Waals surface area contributed by atoms with E-state index in [0.29, 0.717) is 12.1 Å². The topological polar surface area (TPSA) is 86.3 Å². The number of amides is 2. The van der Waals surface area contributed by atoms with Crippen molar-refractivity contribution in [2.75, 3.05) is 7.05 Å². The first-order valence-corrected chi connectivity index (χ1v) is 7.09. The van der Waals surface area contributed by atoms with Crippen molar-refractivity contribution in [2.45, 2.75) is 19.5 Å². The zero-order chi connectivity index (χ0) is 16.8. The molecule has 0 aliphatic rings. The van der Waals surface area contributed by atoms with E-state index in [0.717, 1.165) is 5.56 Å². The van der Waals surface area contributed by atoms with Crippen molar-refractivity contribution in [2.24, 2.45) is 0 Å². The van der Waals surface area contributed by atoms with Gasteiger partial charge < -0.3 is 14.6 Å². The lowest BCUT2D eigenvalue weighted by Gasteiger charge is -2.22. The van der Waals surface area contributed by atoms with E-state index in [1.165, 1.54) is 17.2 Å². The Balaban J connectivity index is 1.92. The second-order valence-corrected chi connectivity index (χ2v) is 5.18. The molecule has 0 spiro atoms. The van der Waals surface area contributed by atoms with Crippen molar-refractivity contribution in [1.29, 1.82) is 5.26 Å². The molecular weight excluding hydrogens is 294 g/mol. The van der Waals surface area contributed by atoms with Crippen molar-refractivity contribution in [3.05, 3.63) is 59.5 Å². The van der Waals surface area contributed by atoms with Crippen LogP contribution in [0.15, 0.2) is 47.1 Å². The summed E-state index contributed by atoms with van der Waals surface area (Å²) in [7, 11) is 1.66. The largest absolute Gasteiger partial charge is 0.459 e. The fourth-order valence-corrected chi connectivity index (χ4v) is 2.10.